The molecule has 1 aromatic carbocycles. The molecule has 1 heterocycles. The highest BCUT2D eigenvalue weighted by molar-refractivity contribution is 5.79. The van der Waals surface area contributed by atoms with E-state index in [-0.39, 0.29) is 18.1 Å². The summed E-state index contributed by atoms with van der Waals surface area (Å²) in [5.41, 5.74) is 0.593. The Hall–Kier alpha value is -2.41. The third kappa shape index (κ3) is 4.57. The number of carbonyl (C=O) groups excluding carboxylic acids is 1. The molecule has 1 amide bonds. The number of phenols is 1. The zero-order chi connectivity index (χ0) is 15.1. The van der Waals surface area contributed by atoms with Crippen LogP contribution in [0.1, 0.15) is 17.3 Å². The maximum absolute atomic E-state index is 11.8. The lowest BCUT2D eigenvalue weighted by Gasteiger charge is -2.05. The van der Waals surface area contributed by atoms with Gasteiger partial charge in [-0.05, 0) is 6.07 Å². The molecule has 21 heavy (non-hydrogen) atoms. The zero-order valence-corrected chi connectivity index (χ0v) is 11.7. The largest absolute Gasteiger partial charge is 0.508 e. The molecular weight excluding hydrogens is 274 g/mol. The molecule has 0 atom stereocenters. The van der Waals surface area contributed by atoms with Crippen LogP contribution in [-0.4, -0.2) is 34.8 Å². The van der Waals surface area contributed by atoms with Gasteiger partial charge in [-0.1, -0.05) is 23.4 Å². The topological polar surface area (TPSA) is 97.5 Å². The molecule has 0 bridgehead atoms. The van der Waals surface area contributed by atoms with Crippen molar-refractivity contribution in [1.29, 1.82) is 0 Å². The molecule has 0 unspecified atom stereocenters. The molecule has 0 aliphatic heterocycles. The standard InChI is InChI=1S/C14H17N3O4/c1-20-9-12-16-14(21-17-12)6-7-15-13(19)8-10-4-2-3-5-11(10)18/h2-5,18H,6-9H2,1H3,(H,15,19). The second kappa shape index (κ2) is 7.39. The summed E-state index contributed by atoms with van der Waals surface area (Å²) in [6, 6.07) is 6.75. The third-order valence-corrected chi connectivity index (χ3v) is 2.79. The van der Waals surface area contributed by atoms with Gasteiger partial charge in [-0.15, -0.1) is 0 Å². The van der Waals surface area contributed by atoms with E-state index in [0.717, 1.165) is 0 Å². The Bertz CT molecular complexity index is 597. The van der Waals surface area contributed by atoms with Crippen molar-refractivity contribution in [2.75, 3.05) is 13.7 Å². The van der Waals surface area contributed by atoms with Gasteiger partial charge in [-0.3, -0.25) is 4.79 Å². The maximum Gasteiger partial charge on any atom is 0.228 e. The number of carbonyl (C=O) groups is 1. The SMILES string of the molecule is COCc1noc(CCNC(=O)Cc2ccccc2O)n1. The summed E-state index contributed by atoms with van der Waals surface area (Å²) in [7, 11) is 1.55. The molecule has 7 heteroatoms. The molecule has 0 saturated carbocycles. The van der Waals surface area contributed by atoms with E-state index in [1.54, 1.807) is 31.4 Å². The molecule has 7 nitrogen and oxygen atoms in total. The highest BCUT2D eigenvalue weighted by Crippen LogP contribution is 2.15. The number of phenolic OH excluding ortho intramolecular Hbond substituents is 1. The summed E-state index contributed by atoms with van der Waals surface area (Å²) in [6.07, 6.45) is 0.578. The molecule has 2 aromatic rings. The van der Waals surface area contributed by atoms with Crippen molar-refractivity contribution < 1.29 is 19.2 Å². The van der Waals surface area contributed by atoms with Gasteiger partial charge < -0.3 is 19.7 Å². The summed E-state index contributed by atoms with van der Waals surface area (Å²) >= 11 is 0. The number of ether oxygens (including phenoxy) is 1. The summed E-state index contributed by atoms with van der Waals surface area (Å²) in [6.45, 7) is 0.685. The van der Waals surface area contributed by atoms with Crippen LogP contribution in [0, 0.1) is 0 Å². The Morgan fingerprint density at radius 1 is 1.43 bits per heavy atom. The highest BCUT2D eigenvalue weighted by atomic mass is 16.5. The van der Waals surface area contributed by atoms with Crippen LogP contribution in [0.3, 0.4) is 0 Å². The van der Waals surface area contributed by atoms with Crippen LogP contribution in [0.15, 0.2) is 28.8 Å². The van der Waals surface area contributed by atoms with Crippen LogP contribution >= 0.6 is 0 Å². The van der Waals surface area contributed by atoms with Crippen LogP contribution < -0.4 is 5.32 Å². The number of aromatic hydroxyl groups is 1. The van der Waals surface area contributed by atoms with Crippen LogP contribution in [0.4, 0.5) is 0 Å². The van der Waals surface area contributed by atoms with Crippen molar-refractivity contribution in [3.8, 4) is 5.75 Å². The smallest absolute Gasteiger partial charge is 0.228 e. The molecule has 0 aliphatic carbocycles. The highest BCUT2D eigenvalue weighted by Gasteiger charge is 2.09. The number of hydrogen-bond donors (Lipinski definition) is 2. The molecule has 1 aromatic heterocycles. The molecule has 0 saturated heterocycles. The number of nitrogens with one attached hydrogen (secondary N) is 1. The average Bonchev–Trinajstić information content (AvgIpc) is 2.89. The van der Waals surface area contributed by atoms with Crippen molar-refractivity contribution in [3.63, 3.8) is 0 Å². The fourth-order valence-corrected chi connectivity index (χ4v) is 1.78. The van der Waals surface area contributed by atoms with Gasteiger partial charge >= 0.3 is 0 Å². The molecular formula is C14H17N3O4. The summed E-state index contributed by atoms with van der Waals surface area (Å²) in [4.78, 5) is 15.9. The minimum Gasteiger partial charge on any atom is -0.508 e. The lowest BCUT2D eigenvalue weighted by atomic mass is 10.1. The van der Waals surface area contributed by atoms with Gasteiger partial charge in [0.2, 0.25) is 11.8 Å². The van der Waals surface area contributed by atoms with Crippen LogP contribution in [-0.2, 0) is 29.0 Å². The first-order chi connectivity index (χ1) is 10.2. The Balaban J connectivity index is 1.75. The van der Waals surface area contributed by atoms with E-state index in [1.807, 2.05) is 0 Å². The normalized spacial score (nSPS) is 10.5. The third-order valence-electron chi connectivity index (χ3n) is 2.79. The lowest BCUT2D eigenvalue weighted by molar-refractivity contribution is -0.120. The molecule has 2 rings (SSSR count). The van der Waals surface area contributed by atoms with E-state index < -0.39 is 0 Å². The zero-order valence-electron chi connectivity index (χ0n) is 11.7. The van der Waals surface area contributed by atoms with E-state index in [9.17, 15) is 9.90 Å². The summed E-state index contributed by atoms with van der Waals surface area (Å²) in [5, 5.41) is 16.1. The molecule has 0 spiro atoms. The van der Waals surface area contributed by atoms with Crippen molar-refractivity contribution in [1.82, 2.24) is 15.5 Å². The number of benzene rings is 1. The van der Waals surface area contributed by atoms with Gasteiger partial charge in [0.15, 0.2) is 5.82 Å². The predicted octanol–water partition coefficient (Wildman–Crippen LogP) is 0.823. The Morgan fingerprint density at radius 2 is 2.24 bits per heavy atom. The number of aromatic nitrogens is 2. The van der Waals surface area contributed by atoms with Crippen molar-refractivity contribution >= 4 is 5.91 Å². The fraction of sp³-hybridized carbons (Fsp3) is 0.357. The second-order valence-electron chi connectivity index (χ2n) is 4.44. The van der Waals surface area contributed by atoms with Crippen LogP contribution in [0.25, 0.3) is 0 Å². The monoisotopic (exact) mass is 291 g/mol. The lowest BCUT2D eigenvalue weighted by Crippen LogP contribution is -2.27. The molecule has 0 fully saturated rings. The van der Waals surface area contributed by atoms with Gasteiger partial charge in [-0.25, -0.2) is 0 Å². The number of nitrogens with zero attached hydrogens (tertiary/aromatic N) is 2. The number of methoxy groups -OCH3 is 1. The summed E-state index contributed by atoms with van der Waals surface area (Å²) in [5.74, 6) is 0.875. The van der Waals surface area contributed by atoms with E-state index in [1.165, 1.54) is 0 Å². The van der Waals surface area contributed by atoms with Crippen molar-refractivity contribution in [3.05, 3.63) is 41.5 Å². The minimum atomic E-state index is -0.173. The van der Waals surface area contributed by atoms with Gasteiger partial charge in [0.1, 0.15) is 12.4 Å². The van der Waals surface area contributed by atoms with Gasteiger partial charge in [0.25, 0.3) is 0 Å². The van der Waals surface area contributed by atoms with E-state index in [0.29, 0.717) is 36.9 Å². The Kier molecular flexibility index (Phi) is 5.28. The number of rotatable bonds is 7. The van der Waals surface area contributed by atoms with E-state index in [4.69, 9.17) is 9.26 Å². The van der Waals surface area contributed by atoms with E-state index in [2.05, 4.69) is 15.5 Å². The fourth-order valence-electron chi connectivity index (χ4n) is 1.78. The van der Waals surface area contributed by atoms with Crippen LogP contribution in [0.2, 0.25) is 0 Å². The molecule has 0 radical (unpaired) electrons. The first-order valence-electron chi connectivity index (χ1n) is 6.53. The Morgan fingerprint density at radius 3 is 3.00 bits per heavy atom. The molecule has 0 aliphatic rings. The van der Waals surface area contributed by atoms with Crippen molar-refractivity contribution in [2.24, 2.45) is 0 Å². The van der Waals surface area contributed by atoms with Gasteiger partial charge in [0, 0.05) is 25.6 Å². The molecule has 2 N–H and O–H groups in total. The van der Waals surface area contributed by atoms with Gasteiger partial charge in [-0.2, -0.15) is 4.98 Å². The van der Waals surface area contributed by atoms with Gasteiger partial charge in [0.05, 0.1) is 6.42 Å². The second-order valence-corrected chi connectivity index (χ2v) is 4.44. The predicted molar refractivity (Wildman–Crippen MR) is 73.5 cm³/mol. The Labute approximate surface area is 121 Å². The summed E-state index contributed by atoms with van der Waals surface area (Å²) < 4.78 is 9.89. The number of hydrogen-bond acceptors (Lipinski definition) is 6. The molecule has 112 valence electrons. The first-order valence-corrected chi connectivity index (χ1v) is 6.53. The minimum absolute atomic E-state index is 0.119. The van der Waals surface area contributed by atoms with E-state index >= 15 is 0 Å². The number of para-hydroxylation sites is 1. The first kappa shape index (κ1) is 15.0. The van der Waals surface area contributed by atoms with Crippen molar-refractivity contribution in [2.45, 2.75) is 19.4 Å². The average molecular weight is 291 g/mol. The van der Waals surface area contributed by atoms with Crippen LogP contribution in [0.5, 0.6) is 5.75 Å². The number of amides is 1. The quantitative estimate of drug-likeness (QED) is 0.784. The maximum atomic E-state index is 11.8.